The van der Waals surface area contributed by atoms with Crippen molar-refractivity contribution < 1.29 is 33.8 Å². The Hall–Kier alpha value is -6.90. The molecule has 4 unspecified atom stereocenters. The molecule has 64 heavy (non-hydrogen) atoms. The number of ether oxygens (including phenoxy) is 1. The van der Waals surface area contributed by atoms with Crippen LogP contribution in [0.3, 0.4) is 0 Å². The zero-order chi connectivity index (χ0) is 46.9. The lowest BCUT2D eigenvalue weighted by Gasteiger charge is -2.32. The number of carbonyl (C=O) groups excluding carboxylic acids is 5. The van der Waals surface area contributed by atoms with Gasteiger partial charge in [-0.3, -0.25) is 24.0 Å². The molecule has 338 valence electrons. The van der Waals surface area contributed by atoms with E-state index in [0.29, 0.717) is 47.1 Å². The number of hydrogen-bond donors (Lipinski definition) is 7. The van der Waals surface area contributed by atoms with Gasteiger partial charge in [-0.25, -0.2) is 9.97 Å². The summed E-state index contributed by atoms with van der Waals surface area (Å²) in [6.45, 7) is 11.5. The molecule has 0 radical (unpaired) electrons. The van der Waals surface area contributed by atoms with Crippen molar-refractivity contribution >= 4 is 29.5 Å². The lowest BCUT2D eigenvalue weighted by Crippen LogP contribution is -2.56. The number of aromatic nitrogens is 2. The smallest absolute Gasteiger partial charge is 0.255 e. The second-order valence-corrected chi connectivity index (χ2v) is 16.8. The Bertz CT molecular complexity index is 2400. The Labute approximate surface area is 373 Å². The van der Waals surface area contributed by atoms with Crippen LogP contribution in [0.5, 0.6) is 11.5 Å². The summed E-state index contributed by atoms with van der Waals surface area (Å²) >= 11 is 0. The predicted octanol–water partition coefficient (Wildman–Crippen LogP) is 2.99. The fourth-order valence-corrected chi connectivity index (χ4v) is 7.47. The van der Waals surface area contributed by atoms with Crippen LogP contribution in [0.2, 0.25) is 0 Å². The normalized spacial score (nSPS) is 16.8. The molecule has 0 aliphatic carbocycles. The Morgan fingerprint density at radius 3 is 2.28 bits per heavy atom. The average molecular weight is 875 g/mol. The van der Waals surface area contributed by atoms with E-state index in [-0.39, 0.29) is 60.4 Å². The number of rotatable bonds is 13. The molecule has 3 aromatic carbocycles. The molecule has 0 saturated heterocycles. The molecule has 9 N–H and O–H groups in total. The van der Waals surface area contributed by atoms with E-state index in [4.69, 9.17) is 21.5 Å². The Kier molecular flexibility index (Phi) is 15.8. The fraction of sp³-hybridized carbons (Fsp3) is 0.404. The van der Waals surface area contributed by atoms with Crippen LogP contribution in [0, 0.1) is 25.2 Å². The molecule has 0 saturated carbocycles. The number of nitrogens with one attached hydrogen (secondary N) is 4. The SMILES string of the molecule is Cc1nc(-c2ccc(C(C)(C)C)cc2)nc(C)c1C(=O)NC(CCN)C(=O)N(C)C1C(=O)NC(C)C(=O)NC(C(=O)NCC#N)Cc2ccc(OCCCN)c(c2)-c2cc1ccc2O. The molecule has 1 aromatic heterocycles. The predicted molar refractivity (Wildman–Crippen MR) is 241 cm³/mol. The quantitative estimate of drug-likeness (QED) is 0.0755. The van der Waals surface area contributed by atoms with E-state index in [9.17, 15) is 29.1 Å². The second kappa shape index (κ2) is 21.0. The minimum atomic E-state index is -1.43. The number of likely N-dealkylation sites (N-methyl/N-ethyl adjacent to an activating group) is 1. The van der Waals surface area contributed by atoms with E-state index in [1.807, 2.05) is 30.3 Å². The van der Waals surface area contributed by atoms with Gasteiger partial charge in [-0.2, -0.15) is 5.26 Å². The number of fused-ring (bicyclic) bond motifs is 5. The molecular formula is C47H58N10O7. The number of nitrogens with zero attached hydrogens (tertiary/aromatic N) is 4. The van der Waals surface area contributed by atoms with Gasteiger partial charge in [0, 0.05) is 30.2 Å². The third kappa shape index (κ3) is 11.4. The van der Waals surface area contributed by atoms with E-state index in [2.05, 4.69) is 52.0 Å². The minimum absolute atomic E-state index is 0.00764. The summed E-state index contributed by atoms with van der Waals surface area (Å²) in [5.41, 5.74) is 16.0. The third-order valence-electron chi connectivity index (χ3n) is 11.0. The van der Waals surface area contributed by atoms with Gasteiger partial charge in [-0.15, -0.1) is 0 Å². The molecule has 4 aromatic rings. The van der Waals surface area contributed by atoms with Crippen LogP contribution in [0.25, 0.3) is 22.5 Å². The maximum atomic E-state index is 14.6. The molecule has 0 spiro atoms. The molecule has 1 aliphatic rings. The summed E-state index contributed by atoms with van der Waals surface area (Å²) < 4.78 is 6.08. The first kappa shape index (κ1) is 48.1. The molecule has 4 atom stereocenters. The van der Waals surface area contributed by atoms with Crippen LogP contribution in [0.4, 0.5) is 0 Å². The number of nitrogens with two attached hydrogens (primary N) is 2. The summed E-state index contributed by atoms with van der Waals surface area (Å²) in [5.74, 6) is -2.80. The van der Waals surface area contributed by atoms with Crippen LogP contribution in [0.15, 0.2) is 60.7 Å². The molecule has 5 rings (SSSR count). The summed E-state index contributed by atoms with van der Waals surface area (Å²) in [4.78, 5) is 80.4. The van der Waals surface area contributed by atoms with Gasteiger partial charge in [0.05, 0.1) is 29.6 Å². The maximum Gasteiger partial charge on any atom is 0.255 e. The highest BCUT2D eigenvalue weighted by atomic mass is 16.5. The van der Waals surface area contributed by atoms with Crippen LogP contribution in [-0.4, -0.2) is 101 Å². The number of benzene rings is 3. The number of hydrogen-bond acceptors (Lipinski definition) is 12. The summed E-state index contributed by atoms with van der Waals surface area (Å²) in [6.07, 6.45) is 0.499. The molecule has 5 amide bonds. The standard InChI is InChI=1S/C47H58N10O7/c1-26-39(27(2)53-41(52-26)30-10-13-32(14-11-30)47(4,5)6)44(61)55-35(17-19-49)46(63)57(7)40-31-12-15-37(58)33(25-31)34-23-29(9-16-38(34)64-22-8-18-48)24-36(43(60)51-21-20-50)56-42(59)28(3)54-45(40)62/h9-16,23,25,28,35-36,40,58H,8,17-19,21-22,24,48-49H2,1-7H3,(H,51,60)(H,54,62)(H,55,61)(H,56,59). The van der Waals surface area contributed by atoms with Crippen molar-refractivity contribution in [2.45, 2.75) is 90.4 Å². The van der Waals surface area contributed by atoms with E-state index in [1.54, 1.807) is 38.1 Å². The number of amides is 5. The minimum Gasteiger partial charge on any atom is -0.507 e. The lowest BCUT2D eigenvalue weighted by atomic mass is 9.86. The van der Waals surface area contributed by atoms with Crippen LogP contribution in [-0.2, 0) is 31.0 Å². The first-order valence-corrected chi connectivity index (χ1v) is 21.2. The topological polar surface area (TPSA) is 268 Å². The fourth-order valence-electron chi connectivity index (χ4n) is 7.47. The highest BCUT2D eigenvalue weighted by Gasteiger charge is 2.36. The molecule has 2 heterocycles. The van der Waals surface area contributed by atoms with Crippen molar-refractivity contribution in [2.75, 3.05) is 33.3 Å². The molecule has 17 nitrogen and oxygen atoms in total. The molecule has 4 bridgehead atoms. The van der Waals surface area contributed by atoms with E-state index >= 15 is 0 Å². The van der Waals surface area contributed by atoms with Gasteiger partial charge in [0.1, 0.15) is 42.2 Å². The average Bonchev–Trinajstić information content (AvgIpc) is 3.25. The van der Waals surface area contributed by atoms with Gasteiger partial charge in [0.25, 0.3) is 5.91 Å². The van der Waals surface area contributed by atoms with Crippen molar-refractivity contribution in [3.63, 3.8) is 0 Å². The van der Waals surface area contributed by atoms with Crippen molar-refractivity contribution in [3.05, 3.63) is 94.3 Å². The molecule has 17 heteroatoms. The summed E-state index contributed by atoms with van der Waals surface area (Å²) in [7, 11) is 1.39. The van der Waals surface area contributed by atoms with Crippen LogP contribution >= 0.6 is 0 Å². The maximum absolute atomic E-state index is 14.6. The van der Waals surface area contributed by atoms with Gasteiger partial charge in [0.15, 0.2) is 5.82 Å². The van der Waals surface area contributed by atoms with Crippen molar-refractivity contribution in [1.29, 1.82) is 5.26 Å². The van der Waals surface area contributed by atoms with Gasteiger partial charge in [-0.1, -0.05) is 57.2 Å². The molecule has 0 fully saturated rings. The number of aromatic hydroxyl groups is 1. The highest BCUT2D eigenvalue weighted by Crippen LogP contribution is 2.39. The number of carbonyl (C=O) groups is 5. The van der Waals surface area contributed by atoms with Crippen LogP contribution < -0.4 is 37.5 Å². The van der Waals surface area contributed by atoms with E-state index in [0.717, 1.165) is 16.0 Å². The van der Waals surface area contributed by atoms with Gasteiger partial charge in [-0.05, 0) is 93.1 Å². The number of nitriles is 1. The summed E-state index contributed by atoms with van der Waals surface area (Å²) in [6, 6.07) is 14.2. The zero-order valence-electron chi connectivity index (χ0n) is 37.4. The van der Waals surface area contributed by atoms with Gasteiger partial charge < -0.3 is 47.5 Å². The third-order valence-corrected chi connectivity index (χ3v) is 11.0. The first-order valence-electron chi connectivity index (χ1n) is 21.2. The Morgan fingerprint density at radius 1 is 0.969 bits per heavy atom. The molecule has 1 aliphatic heterocycles. The Balaban J connectivity index is 1.53. The van der Waals surface area contributed by atoms with Gasteiger partial charge >= 0.3 is 0 Å². The first-order chi connectivity index (χ1) is 30.4. The van der Waals surface area contributed by atoms with Crippen molar-refractivity contribution in [1.82, 2.24) is 36.1 Å². The van der Waals surface area contributed by atoms with Gasteiger partial charge in [0.2, 0.25) is 23.6 Å². The zero-order valence-corrected chi connectivity index (χ0v) is 37.4. The Morgan fingerprint density at radius 2 is 1.66 bits per heavy atom. The van der Waals surface area contributed by atoms with Crippen molar-refractivity contribution in [3.8, 4) is 40.1 Å². The highest BCUT2D eigenvalue weighted by molar-refractivity contribution is 6.00. The monoisotopic (exact) mass is 874 g/mol. The largest absolute Gasteiger partial charge is 0.507 e. The van der Waals surface area contributed by atoms with Crippen LogP contribution in [0.1, 0.15) is 85.0 Å². The van der Waals surface area contributed by atoms with E-state index < -0.39 is 53.7 Å². The number of phenols is 1. The summed E-state index contributed by atoms with van der Waals surface area (Å²) in [5, 5.41) is 31.1. The van der Waals surface area contributed by atoms with Crippen molar-refractivity contribution in [2.24, 2.45) is 11.5 Å². The second-order valence-electron chi connectivity index (χ2n) is 16.8. The van der Waals surface area contributed by atoms with E-state index in [1.165, 1.54) is 26.1 Å². The number of aryl methyl sites for hydroxylation is 2. The molecular weight excluding hydrogens is 817 g/mol. The number of phenolic OH excluding ortho intramolecular Hbond substituents is 1. The lowest BCUT2D eigenvalue weighted by molar-refractivity contribution is -0.141.